The lowest BCUT2D eigenvalue weighted by atomic mass is 10.0. The quantitative estimate of drug-likeness (QED) is 0.123. The second-order valence-corrected chi connectivity index (χ2v) is 11.8. The number of piperazine rings is 1. The van der Waals surface area contributed by atoms with E-state index in [1.54, 1.807) is 13.0 Å². The first-order valence-electron chi connectivity index (χ1n) is 15.5. The summed E-state index contributed by atoms with van der Waals surface area (Å²) in [6.07, 6.45) is 1.71. The Bertz CT molecular complexity index is 2110. The Kier molecular flexibility index (Phi) is 9.16. The first-order valence-corrected chi connectivity index (χ1v) is 15.5. The molecular weight excluding hydrogens is 619 g/mol. The minimum absolute atomic E-state index is 0.160. The number of rotatable bonds is 8. The number of ketones is 1. The number of carbonyl (C=O) groups is 2. The molecule has 6 rings (SSSR count). The van der Waals surface area contributed by atoms with E-state index in [2.05, 4.69) is 4.90 Å². The largest absolute Gasteiger partial charge is 0.507 e. The number of aliphatic hydroxyl groups is 1. The first kappa shape index (κ1) is 32.3. The Morgan fingerprint density at radius 1 is 0.833 bits per heavy atom. The molecule has 10 heteroatoms. The van der Waals surface area contributed by atoms with Crippen LogP contribution in [0.25, 0.3) is 16.5 Å². The lowest BCUT2D eigenvalue weighted by molar-refractivity contribution is -0.142. The van der Waals surface area contributed by atoms with Crippen molar-refractivity contribution < 1.29 is 27.9 Å². The molecule has 1 N–H and O–H groups in total. The molecule has 0 saturated carbocycles. The number of pyridine rings is 1. The predicted octanol–water partition coefficient (Wildman–Crippen LogP) is 6.18. The predicted molar refractivity (Wildman–Crippen MR) is 178 cm³/mol. The van der Waals surface area contributed by atoms with Crippen molar-refractivity contribution in [2.75, 3.05) is 31.1 Å². The van der Waals surface area contributed by atoms with Crippen molar-refractivity contribution in [3.8, 4) is 0 Å². The minimum Gasteiger partial charge on any atom is -0.507 e. The smallest absolute Gasteiger partial charge is 0.294 e. The van der Waals surface area contributed by atoms with Gasteiger partial charge < -0.3 is 19.5 Å². The van der Waals surface area contributed by atoms with Gasteiger partial charge in [0, 0.05) is 67.1 Å². The number of aliphatic hydroxyl groups excluding tert-OH is 1. The number of aromatic nitrogens is 1. The summed E-state index contributed by atoms with van der Waals surface area (Å²) in [5, 5.41) is 13.2. The number of aryl methyl sites for hydroxylation is 1. The van der Waals surface area contributed by atoms with E-state index in [0.717, 1.165) is 21.0 Å². The summed E-state index contributed by atoms with van der Waals surface area (Å²) in [5.74, 6) is -4.82. The van der Waals surface area contributed by atoms with Crippen LogP contribution in [0.2, 0.25) is 0 Å². The van der Waals surface area contributed by atoms with Crippen LogP contribution in [0.4, 0.5) is 18.9 Å². The van der Waals surface area contributed by atoms with Crippen LogP contribution in [-0.2, 0) is 22.6 Å². The zero-order valence-corrected chi connectivity index (χ0v) is 26.1. The number of hydrogen-bond acceptors (Lipinski definition) is 5. The highest BCUT2D eigenvalue weighted by Gasteiger charge is 2.27. The van der Waals surface area contributed by atoms with Gasteiger partial charge in [0.2, 0.25) is 5.78 Å². The van der Waals surface area contributed by atoms with Gasteiger partial charge in [-0.2, -0.15) is 0 Å². The Hall–Kier alpha value is -5.64. The van der Waals surface area contributed by atoms with Crippen LogP contribution >= 0.6 is 0 Å². The van der Waals surface area contributed by atoms with Gasteiger partial charge in [0.25, 0.3) is 11.5 Å². The van der Waals surface area contributed by atoms with E-state index in [4.69, 9.17) is 0 Å². The Labute approximate surface area is 274 Å². The van der Waals surface area contributed by atoms with Gasteiger partial charge in [0.15, 0.2) is 0 Å². The normalized spacial score (nSPS) is 13.6. The lowest BCUT2D eigenvalue weighted by Crippen LogP contribution is -2.50. The molecule has 7 nitrogen and oxygen atoms in total. The second kappa shape index (κ2) is 13.6. The number of anilines is 1. The molecule has 0 spiro atoms. The Balaban J connectivity index is 1.25. The van der Waals surface area contributed by atoms with Crippen LogP contribution in [0.5, 0.6) is 0 Å². The molecule has 0 bridgehead atoms. The van der Waals surface area contributed by atoms with Crippen molar-refractivity contribution in [1.29, 1.82) is 0 Å². The number of fused-ring (bicyclic) bond motifs is 1. The highest BCUT2D eigenvalue weighted by molar-refractivity contribution is 6.41. The van der Waals surface area contributed by atoms with Crippen molar-refractivity contribution in [2.45, 2.75) is 19.9 Å². The van der Waals surface area contributed by atoms with Crippen molar-refractivity contribution in [2.24, 2.45) is 0 Å². The fourth-order valence-corrected chi connectivity index (χ4v) is 6.06. The number of carbonyl (C=O) groups excluding carboxylic acids is 2. The van der Waals surface area contributed by atoms with E-state index in [9.17, 15) is 32.7 Å². The topological polar surface area (TPSA) is 82.8 Å². The van der Waals surface area contributed by atoms with Gasteiger partial charge in [-0.05, 0) is 53.8 Å². The molecule has 0 radical (unpaired) electrons. The van der Waals surface area contributed by atoms with E-state index in [-0.39, 0.29) is 48.3 Å². The highest BCUT2D eigenvalue weighted by atomic mass is 19.1. The maximum Gasteiger partial charge on any atom is 0.294 e. The van der Waals surface area contributed by atoms with E-state index < -0.39 is 40.5 Å². The Morgan fingerprint density at radius 3 is 2.23 bits per heavy atom. The summed E-state index contributed by atoms with van der Waals surface area (Å²) in [5.41, 5.74) is 0.362. The van der Waals surface area contributed by atoms with Gasteiger partial charge in [-0.3, -0.25) is 14.4 Å². The average molecular weight is 652 g/mol. The molecule has 1 amide bonds. The molecule has 1 aliphatic rings. The van der Waals surface area contributed by atoms with Crippen LogP contribution in [-0.4, -0.2) is 52.4 Å². The first-order chi connectivity index (χ1) is 23.1. The molecule has 0 unspecified atom stereocenters. The van der Waals surface area contributed by atoms with Gasteiger partial charge in [0.1, 0.15) is 23.2 Å². The average Bonchev–Trinajstić information content (AvgIpc) is 3.08. The van der Waals surface area contributed by atoms with E-state index in [1.807, 2.05) is 42.5 Å². The minimum atomic E-state index is -1.04. The molecule has 48 heavy (non-hydrogen) atoms. The molecule has 5 aromatic rings. The van der Waals surface area contributed by atoms with Crippen molar-refractivity contribution >= 4 is 33.9 Å². The SMILES string of the molecule is Cc1cc(F)c(Cc2cc(/C(O)=C/C(=O)C(=O)N3CCN(c4cccc5ccccc45)CC3)c(=O)n(Cc3ccccc3F)c2)c(F)c1. The molecule has 4 aromatic carbocycles. The van der Waals surface area contributed by atoms with Crippen LogP contribution in [0.3, 0.4) is 0 Å². The van der Waals surface area contributed by atoms with Gasteiger partial charge in [-0.25, -0.2) is 13.2 Å². The summed E-state index contributed by atoms with van der Waals surface area (Å²) < 4.78 is 45.1. The van der Waals surface area contributed by atoms with Crippen molar-refractivity contribution in [1.82, 2.24) is 9.47 Å². The number of nitrogens with zero attached hydrogens (tertiary/aromatic N) is 3. The van der Waals surface area contributed by atoms with Crippen LogP contribution < -0.4 is 10.5 Å². The number of benzene rings is 4. The maximum absolute atomic E-state index is 14.8. The van der Waals surface area contributed by atoms with E-state index in [0.29, 0.717) is 24.7 Å². The summed E-state index contributed by atoms with van der Waals surface area (Å²) in [4.78, 5) is 43.3. The monoisotopic (exact) mass is 651 g/mol. The molecule has 2 heterocycles. The summed E-state index contributed by atoms with van der Waals surface area (Å²) >= 11 is 0. The molecular formula is C38H32F3N3O4. The maximum atomic E-state index is 14.8. The van der Waals surface area contributed by atoms with Crippen LogP contribution in [0.15, 0.2) is 102 Å². The van der Waals surface area contributed by atoms with Crippen LogP contribution in [0.1, 0.15) is 27.8 Å². The van der Waals surface area contributed by atoms with Crippen LogP contribution in [0, 0.1) is 24.4 Å². The van der Waals surface area contributed by atoms with Gasteiger partial charge in [-0.15, -0.1) is 0 Å². The fourth-order valence-electron chi connectivity index (χ4n) is 6.06. The third kappa shape index (κ3) is 6.73. The molecule has 1 aromatic heterocycles. The molecule has 1 fully saturated rings. The third-order valence-electron chi connectivity index (χ3n) is 8.54. The summed E-state index contributed by atoms with van der Waals surface area (Å²) in [6.45, 7) is 2.79. The Morgan fingerprint density at radius 2 is 1.50 bits per heavy atom. The molecule has 0 aliphatic carbocycles. The zero-order chi connectivity index (χ0) is 33.9. The molecule has 0 atom stereocenters. The summed E-state index contributed by atoms with van der Waals surface area (Å²) in [6, 6.07) is 23.4. The van der Waals surface area contributed by atoms with Gasteiger partial charge >= 0.3 is 0 Å². The third-order valence-corrected chi connectivity index (χ3v) is 8.54. The highest BCUT2D eigenvalue weighted by Crippen LogP contribution is 2.28. The van der Waals surface area contributed by atoms with Gasteiger partial charge in [0.05, 0.1) is 12.1 Å². The lowest BCUT2D eigenvalue weighted by Gasteiger charge is -2.36. The molecule has 1 saturated heterocycles. The number of halogens is 3. The van der Waals surface area contributed by atoms with Crippen molar-refractivity contribution in [3.05, 3.63) is 153 Å². The fraction of sp³-hybridized carbons (Fsp3) is 0.184. The van der Waals surface area contributed by atoms with Crippen molar-refractivity contribution in [3.63, 3.8) is 0 Å². The summed E-state index contributed by atoms with van der Waals surface area (Å²) in [7, 11) is 0. The van der Waals surface area contributed by atoms with E-state index >= 15 is 0 Å². The number of amides is 1. The molecule has 244 valence electrons. The zero-order valence-electron chi connectivity index (χ0n) is 26.1. The van der Waals surface area contributed by atoms with E-state index in [1.165, 1.54) is 47.5 Å². The standard InChI is InChI=1S/C38H32F3N3O4/c1-24-17-32(40)29(33(41)18-24)19-25-20-30(37(47)44(22-25)23-27-8-3-5-11-31(27)39)35(45)21-36(46)38(48)43-15-13-42(14-16-43)34-12-6-9-26-7-2-4-10-28(26)34/h2-12,17-18,20-22,45H,13-16,19,23H2,1H3/b35-21-. The second-order valence-electron chi connectivity index (χ2n) is 11.8. The van der Waals surface area contributed by atoms with Gasteiger partial charge in [-0.1, -0.05) is 54.6 Å². The number of hydrogen-bond donors (Lipinski definition) is 1. The molecule has 1 aliphatic heterocycles.